The van der Waals surface area contributed by atoms with Crippen molar-refractivity contribution in [3.8, 4) is 6.07 Å². The second-order valence-electron chi connectivity index (χ2n) is 5.38. The first kappa shape index (κ1) is 15.7. The minimum atomic E-state index is -0.399. The Morgan fingerprint density at radius 1 is 1.37 bits per heavy atom. The van der Waals surface area contributed by atoms with Crippen LogP contribution in [0, 0.1) is 25.2 Å². The van der Waals surface area contributed by atoms with Crippen molar-refractivity contribution in [1.82, 2.24) is 15.1 Å². The highest BCUT2D eigenvalue weighted by molar-refractivity contribution is 5.24. The predicted octanol–water partition coefficient (Wildman–Crippen LogP) is 2.73. The quantitative estimate of drug-likeness (QED) is 0.769. The Hall–Kier alpha value is -1.34. The van der Waals surface area contributed by atoms with Gasteiger partial charge in [-0.3, -0.25) is 4.68 Å². The first-order valence-corrected chi connectivity index (χ1v) is 7.10. The molecule has 0 spiro atoms. The zero-order valence-corrected chi connectivity index (χ0v) is 12.9. The third-order valence-corrected chi connectivity index (χ3v) is 3.98. The Balaban J connectivity index is 2.49. The molecule has 0 saturated heterocycles. The van der Waals surface area contributed by atoms with Crippen LogP contribution in [0.2, 0.25) is 0 Å². The number of nitriles is 1. The first-order valence-electron chi connectivity index (χ1n) is 7.10. The molecule has 1 aromatic heterocycles. The Kier molecular flexibility index (Phi) is 5.56. The fraction of sp³-hybridized carbons (Fsp3) is 0.733. The maximum atomic E-state index is 9.09. The van der Waals surface area contributed by atoms with Crippen LogP contribution in [0.1, 0.15) is 50.1 Å². The smallest absolute Gasteiger partial charge is 0.103 e. The van der Waals surface area contributed by atoms with Gasteiger partial charge in [-0.15, -0.1) is 0 Å². The standard InChI is InChI=1S/C15H26N4/c1-6-14-12(2)18-19(13(14)3)10-8-7-9-15(4,11-16)17-5/h17H,6-10H2,1-5H3. The molecule has 0 saturated carbocycles. The summed E-state index contributed by atoms with van der Waals surface area (Å²) in [5.74, 6) is 0. The van der Waals surface area contributed by atoms with Gasteiger partial charge in [0.05, 0.1) is 11.8 Å². The Bertz CT molecular complexity index is 455. The average molecular weight is 262 g/mol. The van der Waals surface area contributed by atoms with Crippen molar-refractivity contribution in [2.75, 3.05) is 7.05 Å². The molecule has 19 heavy (non-hydrogen) atoms. The number of rotatable bonds is 7. The van der Waals surface area contributed by atoms with Crippen molar-refractivity contribution in [2.24, 2.45) is 0 Å². The lowest BCUT2D eigenvalue weighted by Gasteiger charge is -2.20. The van der Waals surface area contributed by atoms with E-state index in [1.54, 1.807) is 0 Å². The van der Waals surface area contributed by atoms with Crippen molar-refractivity contribution >= 4 is 0 Å². The third-order valence-electron chi connectivity index (χ3n) is 3.98. The molecule has 0 amide bonds. The highest BCUT2D eigenvalue weighted by atomic mass is 15.3. The van der Waals surface area contributed by atoms with Gasteiger partial charge in [0.15, 0.2) is 0 Å². The van der Waals surface area contributed by atoms with Crippen molar-refractivity contribution in [3.05, 3.63) is 17.0 Å². The molecule has 4 nitrogen and oxygen atoms in total. The van der Waals surface area contributed by atoms with E-state index in [0.717, 1.165) is 37.9 Å². The monoisotopic (exact) mass is 262 g/mol. The van der Waals surface area contributed by atoms with Gasteiger partial charge in [-0.05, 0) is 59.1 Å². The van der Waals surface area contributed by atoms with E-state index in [2.05, 4.69) is 41.9 Å². The molecule has 1 atom stereocenters. The maximum absolute atomic E-state index is 9.09. The van der Waals surface area contributed by atoms with Crippen LogP contribution in [-0.4, -0.2) is 22.4 Å². The zero-order valence-electron chi connectivity index (χ0n) is 12.9. The summed E-state index contributed by atoms with van der Waals surface area (Å²) in [6, 6.07) is 2.33. The first-order chi connectivity index (χ1) is 8.97. The number of nitrogens with zero attached hydrogens (tertiary/aromatic N) is 3. The molecule has 0 aliphatic rings. The molecular formula is C15H26N4. The topological polar surface area (TPSA) is 53.6 Å². The molecule has 0 aliphatic carbocycles. The number of unbranched alkanes of at least 4 members (excludes halogenated alkanes) is 1. The lowest BCUT2D eigenvalue weighted by atomic mass is 9.97. The van der Waals surface area contributed by atoms with Gasteiger partial charge in [-0.2, -0.15) is 10.4 Å². The lowest BCUT2D eigenvalue weighted by Crippen LogP contribution is -2.37. The van der Waals surface area contributed by atoms with E-state index in [1.807, 2.05) is 14.0 Å². The van der Waals surface area contributed by atoms with Gasteiger partial charge in [0, 0.05) is 12.2 Å². The summed E-state index contributed by atoms with van der Waals surface area (Å²) in [6.07, 6.45) is 4.01. The molecule has 0 aromatic carbocycles. The lowest BCUT2D eigenvalue weighted by molar-refractivity contribution is 0.418. The molecule has 1 aromatic rings. The van der Waals surface area contributed by atoms with Gasteiger partial charge >= 0.3 is 0 Å². The third kappa shape index (κ3) is 3.81. The SMILES string of the molecule is CCc1c(C)nn(CCCCC(C)(C#N)NC)c1C. The number of nitrogens with one attached hydrogen (secondary N) is 1. The molecule has 0 aliphatic heterocycles. The summed E-state index contributed by atoms with van der Waals surface area (Å²) in [6.45, 7) is 9.29. The number of aryl methyl sites for hydroxylation is 2. The Morgan fingerprint density at radius 2 is 2.05 bits per heavy atom. The van der Waals surface area contributed by atoms with Crippen LogP contribution in [0.25, 0.3) is 0 Å². The largest absolute Gasteiger partial charge is 0.303 e. The predicted molar refractivity (Wildman–Crippen MR) is 78.0 cm³/mol. The molecule has 0 fully saturated rings. The van der Waals surface area contributed by atoms with Crippen LogP contribution < -0.4 is 5.32 Å². The molecule has 0 radical (unpaired) electrons. The van der Waals surface area contributed by atoms with E-state index in [9.17, 15) is 0 Å². The normalized spacial score (nSPS) is 14.1. The van der Waals surface area contributed by atoms with Crippen molar-refractivity contribution in [3.63, 3.8) is 0 Å². The highest BCUT2D eigenvalue weighted by Crippen LogP contribution is 2.16. The summed E-state index contributed by atoms with van der Waals surface area (Å²) < 4.78 is 2.11. The number of hydrogen-bond donors (Lipinski definition) is 1. The van der Waals surface area contributed by atoms with Crippen molar-refractivity contribution in [2.45, 2.75) is 65.5 Å². The van der Waals surface area contributed by atoms with Gasteiger partial charge in [0.1, 0.15) is 5.54 Å². The molecule has 1 heterocycles. The fourth-order valence-electron chi connectivity index (χ4n) is 2.44. The van der Waals surface area contributed by atoms with Crippen LogP contribution in [0.5, 0.6) is 0 Å². The summed E-state index contributed by atoms with van der Waals surface area (Å²) in [5.41, 5.74) is 3.41. The summed E-state index contributed by atoms with van der Waals surface area (Å²) in [7, 11) is 1.84. The summed E-state index contributed by atoms with van der Waals surface area (Å²) in [4.78, 5) is 0. The van der Waals surface area contributed by atoms with Gasteiger partial charge < -0.3 is 5.32 Å². The van der Waals surface area contributed by atoms with E-state index >= 15 is 0 Å². The molecule has 1 unspecified atom stereocenters. The van der Waals surface area contributed by atoms with Crippen LogP contribution in [0.3, 0.4) is 0 Å². The molecule has 1 rings (SSSR count). The van der Waals surface area contributed by atoms with Crippen LogP contribution in [-0.2, 0) is 13.0 Å². The molecule has 4 heteroatoms. The highest BCUT2D eigenvalue weighted by Gasteiger charge is 2.20. The van der Waals surface area contributed by atoms with Gasteiger partial charge in [-0.25, -0.2) is 0 Å². The van der Waals surface area contributed by atoms with E-state index in [1.165, 1.54) is 11.3 Å². The van der Waals surface area contributed by atoms with Crippen LogP contribution in [0.15, 0.2) is 0 Å². The number of hydrogen-bond acceptors (Lipinski definition) is 3. The Labute approximate surface area is 116 Å². The molecule has 106 valence electrons. The van der Waals surface area contributed by atoms with Crippen LogP contribution in [0.4, 0.5) is 0 Å². The van der Waals surface area contributed by atoms with Gasteiger partial charge in [0.2, 0.25) is 0 Å². The average Bonchev–Trinajstić information content (AvgIpc) is 2.69. The molecular weight excluding hydrogens is 236 g/mol. The fourth-order valence-corrected chi connectivity index (χ4v) is 2.44. The second-order valence-corrected chi connectivity index (χ2v) is 5.38. The summed E-state index contributed by atoms with van der Waals surface area (Å²) >= 11 is 0. The number of aromatic nitrogens is 2. The zero-order chi connectivity index (χ0) is 14.5. The Morgan fingerprint density at radius 3 is 2.53 bits per heavy atom. The minimum Gasteiger partial charge on any atom is -0.303 e. The van der Waals surface area contributed by atoms with Crippen LogP contribution >= 0.6 is 0 Å². The molecule has 0 bridgehead atoms. The van der Waals surface area contributed by atoms with E-state index in [0.29, 0.717) is 0 Å². The molecule has 1 N–H and O–H groups in total. The van der Waals surface area contributed by atoms with E-state index in [-0.39, 0.29) is 0 Å². The minimum absolute atomic E-state index is 0.399. The van der Waals surface area contributed by atoms with Gasteiger partial charge in [0.25, 0.3) is 0 Å². The second kappa shape index (κ2) is 6.72. The van der Waals surface area contributed by atoms with Crippen molar-refractivity contribution in [1.29, 1.82) is 5.26 Å². The summed E-state index contributed by atoms with van der Waals surface area (Å²) in [5, 5.41) is 16.8. The van der Waals surface area contributed by atoms with E-state index in [4.69, 9.17) is 5.26 Å². The van der Waals surface area contributed by atoms with E-state index < -0.39 is 5.54 Å². The van der Waals surface area contributed by atoms with Crippen molar-refractivity contribution < 1.29 is 0 Å². The maximum Gasteiger partial charge on any atom is 0.103 e. The van der Waals surface area contributed by atoms with Gasteiger partial charge in [-0.1, -0.05) is 6.92 Å².